The van der Waals surface area contributed by atoms with Crippen molar-refractivity contribution in [3.05, 3.63) is 28.8 Å². The first-order valence-electron chi connectivity index (χ1n) is 7.44. The molecule has 19 heavy (non-hydrogen) atoms. The van der Waals surface area contributed by atoms with Gasteiger partial charge in [-0.1, -0.05) is 25.3 Å². The summed E-state index contributed by atoms with van der Waals surface area (Å²) < 4.78 is 1.33. The quantitative estimate of drug-likeness (QED) is 0.885. The van der Waals surface area contributed by atoms with Gasteiger partial charge in [-0.05, 0) is 43.4 Å². The first-order valence-corrected chi connectivity index (χ1v) is 8.26. The van der Waals surface area contributed by atoms with Crippen molar-refractivity contribution >= 4 is 21.6 Å². The summed E-state index contributed by atoms with van der Waals surface area (Å²) in [6.45, 7) is 0. The van der Waals surface area contributed by atoms with Gasteiger partial charge < -0.3 is 5.73 Å². The van der Waals surface area contributed by atoms with Gasteiger partial charge in [0, 0.05) is 11.5 Å². The van der Waals surface area contributed by atoms with Crippen molar-refractivity contribution in [3.63, 3.8) is 0 Å². The largest absolute Gasteiger partial charge is 0.321 e. The Balaban J connectivity index is 1.73. The van der Waals surface area contributed by atoms with Gasteiger partial charge in [0.15, 0.2) is 0 Å². The lowest BCUT2D eigenvalue weighted by atomic mass is 9.77. The summed E-state index contributed by atoms with van der Waals surface area (Å²) in [5.74, 6) is 0.752. The van der Waals surface area contributed by atoms with Crippen molar-refractivity contribution < 1.29 is 0 Å². The molecule has 2 N–H and O–H groups in total. The van der Waals surface area contributed by atoms with E-state index in [1.54, 1.807) is 0 Å². The second kappa shape index (κ2) is 4.29. The summed E-state index contributed by atoms with van der Waals surface area (Å²) in [5.41, 5.74) is 9.03. The van der Waals surface area contributed by atoms with Gasteiger partial charge in [0.1, 0.15) is 0 Å². The van der Waals surface area contributed by atoms with Gasteiger partial charge in [-0.3, -0.25) is 0 Å². The van der Waals surface area contributed by atoms with E-state index in [2.05, 4.69) is 18.2 Å². The Kier molecular flexibility index (Phi) is 2.68. The smallest absolute Gasteiger partial charge is 0.0969 e. The van der Waals surface area contributed by atoms with E-state index in [1.165, 1.54) is 47.4 Å². The molecule has 1 heterocycles. The van der Waals surface area contributed by atoms with Crippen LogP contribution in [0.3, 0.4) is 0 Å². The number of thiazole rings is 1. The monoisotopic (exact) mass is 272 g/mol. The molecule has 2 fully saturated rings. The molecule has 0 bridgehead atoms. The summed E-state index contributed by atoms with van der Waals surface area (Å²) in [6.07, 6.45) is 8.79. The number of benzene rings is 1. The molecule has 0 aliphatic heterocycles. The van der Waals surface area contributed by atoms with Gasteiger partial charge in [-0.2, -0.15) is 0 Å². The molecule has 2 aliphatic carbocycles. The first-order chi connectivity index (χ1) is 9.24. The summed E-state index contributed by atoms with van der Waals surface area (Å²) in [4.78, 5) is 4.76. The van der Waals surface area contributed by atoms with Crippen LogP contribution >= 0.6 is 11.3 Å². The second-order valence-corrected chi connectivity index (χ2v) is 7.29. The fourth-order valence-corrected chi connectivity index (χ4v) is 4.40. The molecule has 0 atom stereocenters. The number of rotatable bonds is 2. The highest BCUT2D eigenvalue weighted by Gasteiger charge is 2.30. The zero-order valence-corrected chi connectivity index (χ0v) is 12.0. The maximum atomic E-state index is 6.63. The highest BCUT2D eigenvalue weighted by atomic mass is 32.1. The maximum Gasteiger partial charge on any atom is 0.0969 e. The average Bonchev–Trinajstić information content (AvgIpc) is 3.18. The van der Waals surface area contributed by atoms with Crippen LogP contribution in [-0.4, -0.2) is 4.98 Å². The minimum absolute atomic E-state index is 0.0871. The normalized spacial score (nSPS) is 22.8. The zero-order valence-electron chi connectivity index (χ0n) is 11.2. The van der Waals surface area contributed by atoms with Gasteiger partial charge in [0.2, 0.25) is 0 Å². The van der Waals surface area contributed by atoms with Crippen LogP contribution < -0.4 is 5.73 Å². The predicted molar refractivity (Wildman–Crippen MR) is 80.5 cm³/mol. The van der Waals surface area contributed by atoms with Crippen LogP contribution in [0.15, 0.2) is 18.2 Å². The highest BCUT2D eigenvalue weighted by molar-refractivity contribution is 7.18. The summed E-state index contributed by atoms with van der Waals surface area (Å²) in [6, 6.07) is 6.70. The number of hydrogen-bond acceptors (Lipinski definition) is 3. The molecule has 100 valence electrons. The van der Waals surface area contributed by atoms with Gasteiger partial charge in [0.05, 0.1) is 15.2 Å². The molecule has 2 nitrogen and oxygen atoms in total. The Bertz CT molecular complexity index is 606. The summed E-state index contributed by atoms with van der Waals surface area (Å²) in [7, 11) is 0. The first kappa shape index (κ1) is 11.9. The van der Waals surface area contributed by atoms with Crippen molar-refractivity contribution in [1.29, 1.82) is 0 Å². The molecule has 0 saturated heterocycles. The molecule has 2 saturated carbocycles. The molecule has 0 amide bonds. The molecule has 0 radical (unpaired) electrons. The second-order valence-electron chi connectivity index (χ2n) is 6.23. The molecule has 4 rings (SSSR count). The van der Waals surface area contributed by atoms with Gasteiger partial charge in [0.25, 0.3) is 0 Å². The highest BCUT2D eigenvalue weighted by Crippen LogP contribution is 2.44. The number of nitrogens with two attached hydrogens (primary N) is 1. The lowest BCUT2D eigenvalue weighted by Crippen LogP contribution is -2.38. The van der Waals surface area contributed by atoms with Crippen molar-refractivity contribution in [2.24, 2.45) is 5.73 Å². The van der Waals surface area contributed by atoms with E-state index in [-0.39, 0.29) is 5.54 Å². The fraction of sp³-hybridized carbons (Fsp3) is 0.562. The van der Waals surface area contributed by atoms with Crippen LogP contribution in [0.2, 0.25) is 0 Å². The molecule has 0 unspecified atom stereocenters. The lowest BCUT2D eigenvalue weighted by Gasteiger charge is -2.33. The molecular weight excluding hydrogens is 252 g/mol. The van der Waals surface area contributed by atoms with Crippen molar-refractivity contribution in [2.75, 3.05) is 0 Å². The van der Waals surface area contributed by atoms with Crippen LogP contribution in [0.4, 0.5) is 0 Å². The SMILES string of the molecule is NC1(c2ccc3nc(C4CC4)sc3c2)CCCCC1. The molecule has 1 aromatic heterocycles. The average molecular weight is 272 g/mol. The van der Waals surface area contributed by atoms with Crippen LogP contribution in [0.1, 0.15) is 61.4 Å². The van der Waals surface area contributed by atoms with E-state index in [9.17, 15) is 0 Å². The number of nitrogens with zero attached hydrogens (tertiary/aromatic N) is 1. The van der Waals surface area contributed by atoms with Gasteiger partial charge in [-0.25, -0.2) is 4.98 Å². The van der Waals surface area contributed by atoms with E-state index >= 15 is 0 Å². The van der Waals surface area contributed by atoms with Crippen LogP contribution in [-0.2, 0) is 5.54 Å². The molecule has 2 aromatic rings. The molecule has 3 heteroatoms. The Morgan fingerprint density at radius 2 is 1.95 bits per heavy atom. The van der Waals surface area contributed by atoms with Crippen molar-refractivity contribution in [3.8, 4) is 0 Å². The molecule has 2 aliphatic rings. The summed E-state index contributed by atoms with van der Waals surface area (Å²) >= 11 is 1.88. The van der Waals surface area contributed by atoms with E-state index < -0.39 is 0 Å². The maximum absolute atomic E-state index is 6.63. The third kappa shape index (κ3) is 2.09. The Labute approximate surface area is 118 Å². The standard InChI is InChI=1S/C16H20N2S/c17-16(8-2-1-3-9-16)12-6-7-13-14(10-12)19-15(18-13)11-4-5-11/h6-7,10-11H,1-5,8-9,17H2. The van der Waals surface area contributed by atoms with E-state index in [0.717, 1.165) is 24.3 Å². The zero-order chi connectivity index (χ0) is 12.9. The van der Waals surface area contributed by atoms with E-state index in [1.807, 2.05) is 11.3 Å². The van der Waals surface area contributed by atoms with E-state index in [4.69, 9.17) is 10.7 Å². The Morgan fingerprint density at radius 1 is 1.16 bits per heavy atom. The molecule has 1 aromatic carbocycles. The Hall–Kier alpha value is -0.930. The Morgan fingerprint density at radius 3 is 2.68 bits per heavy atom. The lowest BCUT2D eigenvalue weighted by molar-refractivity contribution is 0.302. The minimum Gasteiger partial charge on any atom is -0.321 e. The van der Waals surface area contributed by atoms with Gasteiger partial charge >= 0.3 is 0 Å². The van der Waals surface area contributed by atoms with Crippen molar-refractivity contribution in [1.82, 2.24) is 4.98 Å². The van der Waals surface area contributed by atoms with Crippen LogP contribution in [0.5, 0.6) is 0 Å². The van der Waals surface area contributed by atoms with Crippen LogP contribution in [0.25, 0.3) is 10.2 Å². The van der Waals surface area contributed by atoms with E-state index in [0.29, 0.717) is 0 Å². The number of aromatic nitrogens is 1. The minimum atomic E-state index is -0.0871. The third-order valence-electron chi connectivity index (χ3n) is 4.65. The van der Waals surface area contributed by atoms with Gasteiger partial charge in [-0.15, -0.1) is 11.3 Å². The number of hydrogen-bond donors (Lipinski definition) is 1. The molecular formula is C16H20N2S. The summed E-state index contributed by atoms with van der Waals surface area (Å²) in [5, 5.41) is 1.34. The predicted octanol–water partition coefficient (Wildman–Crippen LogP) is 4.29. The van der Waals surface area contributed by atoms with Crippen LogP contribution in [0, 0.1) is 0 Å². The third-order valence-corrected chi connectivity index (χ3v) is 5.83. The topological polar surface area (TPSA) is 38.9 Å². The molecule has 0 spiro atoms. The number of fused-ring (bicyclic) bond motifs is 1. The fourth-order valence-electron chi connectivity index (χ4n) is 3.23. The van der Waals surface area contributed by atoms with Crippen molar-refractivity contribution in [2.45, 2.75) is 56.4 Å².